The number of amides is 1. The minimum Gasteiger partial charge on any atom is -0.350 e. The first-order valence-electron chi connectivity index (χ1n) is 7.27. The Balaban J connectivity index is 2.08. The van der Waals surface area contributed by atoms with Crippen LogP contribution in [0.25, 0.3) is 16.9 Å². The van der Waals surface area contributed by atoms with Crippen molar-refractivity contribution in [2.45, 2.75) is 26.8 Å². The number of benzene rings is 1. The van der Waals surface area contributed by atoms with Gasteiger partial charge in [-0.05, 0) is 51.1 Å². The maximum absolute atomic E-state index is 12.2. The van der Waals surface area contributed by atoms with Crippen molar-refractivity contribution in [2.24, 2.45) is 0 Å². The first-order chi connectivity index (χ1) is 10.6. The summed E-state index contributed by atoms with van der Waals surface area (Å²) < 4.78 is 1.96. The van der Waals surface area contributed by atoms with Gasteiger partial charge in [-0.1, -0.05) is 6.07 Å². The molecule has 3 aromatic rings. The van der Waals surface area contributed by atoms with Gasteiger partial charge in [0.25, 0.3) is 5.91 Å². The van der Waals surface area contributed by atoms with Crippen LogP contribution >= 0.6 is 0 Å². The Morgan fingerprint density at radius 3 is 2.82 bits per heavy atom. The molecule has 0 bridgehead atoms. The number of fused-ring (bicyclic) bond motifs is 1. The van der Waals surface area contributed by atoms with Crippen molar-refractivity contribution >= 4 is 17.1 Å². The molecule has 3 rings (SSSR count). The van der Waals surface area contributed by atoms with Crippen molar-refractivity contribution < 1.29 is 4.79 Å². The molecule has 5 nitrogen and oxygen atoms in total. The van der Waals surface area contributed by atoms with Crippen LogP contribution in [0.1, 0.15) is 30.0 Å². The standard InChI is InChI=1S/C17H18N4O/c1-11(2)19-17(22)13-6-4-7-14(10-13)21-12(3)20-15-8-5-9-18-16(15)21/h4-11H,1-3H3,(H,19,22). The lowest BCUT2D eigenvalue weighted by Gasteiger charge is -2.11. The van der Waals surface area contributed by atoms with Gasteiger partial charge in [-0.25, -0.2) is 9.97 Å². The quantitative estimate of drug-likeness (QED) is 0.808. The first kappa shape index (κ1) is 14.3. The van der Waals surface area contributed by atoms with Crippen LogP contribution in [0.2, 0.25) is 0 Å². The maximum atomic E-state index is 12.2. The fourth-order valence-electron chi connectivity index (χ4n) is 2.47. The summed E-state index contributed by atoms with van der Waals surface area (Å²) in [6.07, 6.45) is 1.75. The van der Waals surface area contributed by atoms with Crippen molar-refractivity contribution in [1.82, 2.24) is 19.9 Å². The molecule has 112 valence electrons. The molecule has 0 fully saturated rings. The molecule has 0 spiro atoms. The van der Waals surface area contributed by atoms with Crippen molar-refractivity contribution in [1.29, 1.82) is 0 Å². The van der Waals surface area contributed by atoms with Crippen LogP contribution in [0, 0.1) is 6.92 Å². The number of carbonyl (C=O) groups is 1. The van der Waals surface area contributed by atoms with Crippen LogP contribution in [0.15, 0.2) is 42.6 Å². The maximum Gasteiger partial charge on any atom is 0.251 e. The number of nitrogens with one attached hydrogen (secondary N) is 1. The summed E-state index contributed by atoms with van der Waals surface area (Å²) >= 11 is 0. The normalized spacial score (nSPS) is 11.1. The minimum absolute atomic E-state index is 0.0770. The van der Waals surface area contributed by atoms with Crippen LogP contribution in [0.3, 0.4) is 0 Å². The lowest BCUT2D eigenvalue weighted by atomic mass is 10.1. The van der Waals surface area contributed by atoms with E-state index in [1.165, 1.54) is 0 Å². The van der Waals surface area contributed by atoms with Crippen molar-refractivity contribution in [3.05, 3.63) is 54.0 Å². The molecular formula is C17H18N4O. The Morgan fingerprint density at radius 2 is 2.05 bits per heavy atom. The molecule has 2 heterocycles. The fourth-order valence-corrected chi connectivity index (χ4v) is 2.47. The SMILES string of the molecule is Cc1nc2cccnc2n1-c1cccc(C(=O)NC(C)C)c1. The van der Waals surface area contributed by atoms with E-state index in [4.69, 9.17) is 0 Å². The summed E-state index contributed by atoms with van der Waals surface area (Å²) in [6.45, 7) is 5.82. The highest BCUT2D eigenvalue weighted by molar-refractivity contribution is 5.95. The molecule has 0 aliphatic rings. The molecule has 0 saturated carbocycles. The molecule has 22 heavy (non-hydrogen) atoms. The molecule has 2 aromatic heterocycles. The van der Waals surface area contributed by atoms with Gasteiger partial charge < -0.3 is 5.32 Å². The van der Waals surface area contributed by atoms with Crippen molar-refractivity contribution in [2.75, 3.05) is 0 Å². The van der Waals surface area contributed by atoms with Gasteiger partial charge in [0.2, 0.25) is 0 Å². The molecule has 1 amide bonds. The molecule has 5 heteroatoms. The Morgan fingerprint density at radius 1 is 1.23 bits per heavy atom. The van der Waals surface area contributed by atoms with Gasteiger partial charge in [0.1, 0.15) is 11.3 Å². The van der Waals surface area contributed by atoms with E-state index >= 15 is 0 Å². The van der Waals surface area contributed by atoms with E-state index in [0.717, 1.165) is 22.7 Å². The Bertz CT molecular complexity index is 836. The van der Waals surface area contributed by atoms with Crippen molar-refractivity contribution in [3.8, 4) is 5.69 Å². The van der Waals surface area contributed by atoms with Crippen LogP contribution in [0.5, 0.6) is 0 Å². The van der Waals surface area contributed by atoms with Gasteiger partial charge in [0.15, 0.2) is 5.65 Å². The van der Waals surface area contributed by atoms with E-state index in [0.29, 0.717) is 5.56 Å². The van der Waals surface area contributed by atoms with E-state index in [9.17, 15) is 4.79 Å². The van der Waals surface area contributed by atoms with E-state index < -0.39 is 0 Å². The zero-order valence-corrected chi connectivity index (χ0v) is 12.9. The van der Waals surface area contributed by atoms with E-state index in [1.807, 2.05) is 61.7 Å². The summed E-state index contributed by atoms with van der Waals surface area (Å²) in [5, 5.41) is 2.90. The van der Waals surface area contributed by atoms with Crippen LogP contribution in [0.4, 0.5) is 0 Å². The summed E-state index contributed by atoms with van der Waals surface area (Å²) in [4.78, 5) is 21.1. The lowest BCUT2D eigenvalue weighted by Crippen LogP contribution is -2.30. The number of hydrogen-bond donors (Lipinski definition) is 1. The highest BCUT2D eigenvalue weighted by Crippen LogP contribution is 2.20. The second-order valence-electron chi connectivity index (χ2n) is 5.52. The number of nitrogens with zero attached hydrogens (tertiary/aromatic N) is 3. The average Bonchev–Trinajstić information content (AvgIpc) is 2.82. The van der Waals surface area contributed by atoms with Crippen LogP contribution in [-0.4, -0.2) is 26.5 Å². The largest absolute Gasteiger partial charge is 0.350 e. The predicted octanol–water partition coefficient (Wildman–Crippen LogP) is 2.87. The third-order valence-electron chi connectivity index (χ3n) is 3.37. The molecule has 1 N–H and O–H groups in total. The third kappa shape index (κ3) is 2.57. The Labute approximate surface area is 129 Å². The zero-order valence-electron chi connectivity index (χ0n) is 12.9. The Kier molecular flexibility index (Phi) is 3.63. The molecule has 0 aliphatic heterocycles. The van der Waals surface area contributed by atoms with Gasteiger partial charge >= 0.3 is 0 Å². The van der Waals surface area contributed by atoms with E-state index in [-0.39, 0.29) is 11.9 Å². The summed E-state index contributed by atoms with van der Waals surface area (Å²) in [7, 11) is 0. The molecule has 0 saturated heterocycles. The Hall–Kier alpha value is -2.69. The fraction of sp³-hybridized carbons (Fsp3) is 0.235. The van der Waals surface area contributed by atoms with Gasteiger partial charge in [-0.3, -0.25) is 9.36 Å². The zero-order chi connectivity index (χ0) is 15.7. The number of hydrogen-bond acceptors (Lipinski definition) is 3. The second-order valence-corrected chi connectivity index (χ2v) is 5.52. The number of carbonyl (C=O) groups excluding carboxylic acids is 1. The number of aryl methyl sites for hydroxylation is 1. The van der Waals surface area contributed by atoms with Crippen LogP contribution in [-0.2, 0) is 0 Å². The summed E-state index contributed by atoms with van der Waals surface area (Å²) in [6, 6.07) is 11.4. The first-order valence-corrected chi connectivity index (χ1v) is 7.27. The average molecular weight is 294 g/mol. The summed E-state index contributed by atoms with van der Waals surface area (Å²) in [5.74, 6) is 0.766. The number of pyridine rings is 1. The lowest BCUT2D eigenvalue weighted by molar-refractivity contribution is 0.0943. The highest BCUT2D eigenvalue weighted by atomic mass is 16.1. The highest BCUT2D eigenvalue weighted by Gasteiger charge is 2.12. The number of rotatable bonds is 3. The predicted molar refractivity (Wildman–Crippen MR) is 86.2 cm³/mol. The van der Waals surface area contributed by atoms with Crippen molar-refractivity contribution in [3.63, 3.8) is 0 Å². The topological polar surface area (TPSA) is 59.8 Å². The van der Waals surface area contributed by atoms with E-state index in [1.54, 1.807) is 6.20 Å². The number of aromatic nitrogens is 3. The molecule has 1 aromatic carbocycles. The van der Waals surface area contributed by atoms with Gasteiger partial charge in [0.05, 0.1) is 0 Å². The smallest absolute Gasteiger partial charge is 0.251 e. The third-order valence-corrected chi connectivity index (χ3v) is 3.37. The molecule has 0 unspecified atom stereocenters. The van der Waals surface area contributed by atoms with Gasteiger partial charge in [-0.2, -0.15) is 0 Å². The van der Waals surface area contributed by atoms with Gasteiger partial charge in [-0.15, -0.1) is 0 Å². The monoisotopic (exact) mass is 294 g/mol. The molecule has 0 atom stereocenters. The minimum atomic E-state index is -0.0770. The summed E-state index contributed by atoms with van der Waals surface area (Å²) in [5.41, 5.74) is 3.15. The van der Waals surface area contributed by atoms with E-state index in [2.05, 4.69) is 15.3 Å². The number of imidazole rings is 1. The molecule has 0 radical (unpaired) electrons. The molecule has 0 aliphatic carbocycles. The molecular weight excluding hydrogens is 276 g/mol. The van der Waals surface area contributed by atoms with Crippen LogP contribution < -0.4 is 5.32 Å². The second kappa shape index (κ2) is 5.60. The van der Waals surface area contributed by atoms with Gasteiger partial charge in [0, 0.05) is 23.5 Å².